The second-order valence-electron chi connectivity index (χ2n) is 6.81. The fraction of sp³-hybridized carbons (Fsp3) is 0.647. The lowest BCUT2D eigenvalue weighted by Gasteiger charge is -2.34. The van der Waals surface area contributed by atoms with Gasteiger partial charge in [0.1, 0.15) is 5.69 Å². The zero-order valence-electron chi connectivity index (χ0n) is 15.2. The van der Waals surface area contributed by atoms with Gasteiger partial charge in [0.25, 0.3) is 5.91 Å². The molecule has 0 aromatic carbocycles. The van der Waals surface area contributed by atoms with E-state index in [9.17, 15) is 19.5 Å². The molecule has 1 unspecified atom stereocenters. The number of nitrogens with zero attached hydrogens (tertiary/aromatic N) is 2. The molecular formula is C17H27N5O4. The molecule has 1 aromatic rings. The van der Waals surface area contributed by atoms with Crippen LogP contribution in [-0.2, 0) is 4.79 Å². The summed E-state index contributed by atoms with van der Waals surface area (Å²) in [5, 5.41) is 19.0. The van der Waals surface area contributed by atoms with Crippen molar-refractivity contribution in [2.75, 3.05) is 19.6 Å². The van der Waals surface area contributed by atoms with E-state index in [0.29, 0.717) is 25.9 Å². The molecule has 1 atom stereocenters. The minimum Gasteiger partial charge on any atom is -0.481 e. The summed E-state index contributed by atoms with van der Waals surface area (Å²) in [6.45, 7) is 4.82. The van der Waals surface area contributed by atoms with Gasteiger partial charge in [0.05, 0.1) is 5.41 Å². The number of hydrogen-bond acceptors (Lipinski definition) is 4. The second-order valence-corrected chi connectivity index (χ2v) is 6.81. The predicted molar refractivity (Wildman–Crippen MR) is 94.7 cm³/mol. The molecule has 1 fully saturated rings. The SMILES string of the molecule is CCC(CC)(CNC(=O)N1CCCC(c2cc(C(N)=O)n[nH]2)C1)C(=O)O. The van der Waals surface area contributed by atoms with E-state index in [0.717, 1.165) is 18.5 Å². The number of nitrogens with one attached hydrogen (secondary N) is 2. The standard InChI is InChI=1S/C17H27N5O4/c1-3-17(4-2,15(24)25)10-19-16(26)22-7-5-6-11(9-22)12-8-13(14(18)23)21-20-12/h8,11H,3-7,9-10H2,1-2H3,(H2,18,23)(H,19,26)(H,20,21)(H,24,25). The van der Waals surface area contributed by atoms with Gasteiger partial charge in [0.2, 0.25) is 0 Å². The highest BCUT2D eigenvalue weighted by atomic mass is 16.4. The Hall–Kier alpha value is -2.58. The molecule has 26 heavy (non-hydrogen) atoms. The molecule has 144 valence electrons. The van der Waals surface area contributed by atoms with E-state index in [2.05, 4.69) is 15.5 Å². The third-order valence-corrected chi connectivity index (χ3v) is 5.38. The van der Waals surface area contributed by atoms with Gasteiger partial charge in [-0.3, -0.25) is 14.7 Å². The van der Waals surface area contributed by atoms with Crippen LogP contribution >= 0.6 is 0 Å². The minimum atomic E-state index is -0.940. The summed E-state index contributed by atoms with van der Waals surface area (Å²) >= 11 is 0. The van der Waals surface area contributed by atoms with Gasteiger partial charge >= 0.3 is 12.0 Å². The second kappa shape index (κ2) is 8.20. The van der Waals surface area contributed by atoms with Gasteiger partial charge in [0, 0.05) is 31.2 Å². The number of carboxylic acid groups (broad SMARTS) is 1. The molecule has 0 radical (unpaired) electrons. The van der Waals surface area contributed by atoms with Gasteiger partial charge in [0.15, 0.2) is 0 Å². The number of H-pyrrole nitrogens is 1. The third kappa shape index (κ3) is 4.14. The Morgan fingerprint density at radius 2 is 2.12 bits per heavy atom. The van der Waals surface area contributed by atoms with Crippen molar-refractivity contribution in [3.63, 3.8) is 0 Å². The predicted octanol–water partition coefficient (Wildman–Crippen LogP) is 1.29. The summed E-state index contributed by atoms with van der Waals surface area (Å²) in [7, 11) is 0. The monoisotopic (exact) mass is 365 g/mol. The van der Waals surface area contributed by atoms with Crippen molar-refractivity contribution in [3.05, 3.63) is 17.5 Å². The fourth-order valence-electron chi connectivity index (χ4n) is 3.32. The summed E-state index contributed by atoms with van der Waals surface area (Å²) < 4.78 is 0. The van der Waals surface area contributed by atoms with Crippen molar-refractivity contribution in [3.8, 4) is 0 Å². The Morgan fingerprint density at radius 3 is 2.65 bits per heavy atom. The van der Waals surface area contributed by atoms with Crippen LogP contribution in [0.15, 0.2) is 6.07 Å². The van der Waals surface area contributed by atoms with Crippen LogP contribution in [0.25, 0.3) is 0 Å². The quantitative estimate of drug-likeness (QED) is 0.576. The average molecular weight is 365 g/mol. The fourth-order valence-corrected chi connectivity index (χ4v) is 3.32. The van der Waals surface area contributed by atoms with Crippen LogP contribution in [-0.4, -0.2) is 57.7 Å². The molecule has 2 heterocycles. The van der Waals surface area contributed by atoms with E-state index >= 15 is 0 Å². The van der Waals surface area contributed by atoms with E-state index in [1.807, 2.05) is 13.8 Å². The molecule has 0 aliphatic carbocycles. The third-order valence-electron chi connectivity index (χ3n) is 5.38. The maximum absolute atomic E-state index is 12.5. The van der Waals surface area contributed by atoms with Crippen molar-refractivity contribution in [1.82, 2.24) is 20.4 Å². The summed E-state index contributed by atoms with van der Waals surface area (Å²) in [6, 6.07) is 1.36. The minimum absolute atomic E-state index is 0.0386. The molecule has 9 heteroatoms. The molecule has 1 saturated heterocycles. The van der Waals surface area contributed by atoms with Gasteiger partial charge in [-0.15, -0.1) is 0 Å². The molecule has 2 rings (SSSR count). The molecule has 1 aromatic heterocycles. The molecule has 1 aliphatic rings. The summed E-state index contributed by atoms with van der Waals surface area (Å²) in [5.41, 5.74) is 5.23. The van der Waals surface area contributed by atoms with Crippen molar-refractivity contribution in [1.29, 1.82) is 0 Å². The highest BCUT2D eigenvalue weighted by Gasteiger charge is 2.36. The Bertz CT molecular complexity index is 668. The first-order valence-electron chi connectivity index (χ1n) is 8.94. The molecule has 0 bridgehead atoms. The van der Waals surface area contributed by atoms with E-state index in [1.165, 1.54) is 0 Å². The number of rotatable bonds is 7. The molecule has 3 amide bonds. The van der Waals surface area contributed by atoms with Crippen LogP contribution < -0.4 is 11.1 Å². The largest absolute Gasteiger partial charge is 0.481 e. The summed E-state index contributed by atoms with van der Waals surface area (Å²) in [4.78, 5) is 36.9. The van der Waals surface area contributed by atoms with Gasteiger partial charge in [-0.25, -0.2) is 4.79 Å². The van der Waals surface area contributed by atoms with E-state index in [-0.39, 0.29) is 24.2 Å². The maximum atomic E-state index is 12.5. The Labute approximate surface area is 152 Å². The van der Waals surface area contributed by atoms with Crippen molar-refractivity contribution in [2.24, 2.45) is 11.1 Å². The van der Waals surface area contributed by atoms with E-state index < -0.39 is 17.3 Å². The first-order chi connectivity index (χ1) is 12.3. The number of amides is 3. The number of carbonyl (C=O) groups is 3. The number of aliphatic carboxylic acids is 1. The van der Waals surface area contributed by atoms with Crippen LogP contribution in [0.4, 0.5) is 4.79 Å². The number of primary amides is 1. The molecular weight excluding hydrogens is 338 g/mol. The van der Waals surface area contributed by atoms with E-state index in [4.69, 9.17) is 5.73 Å². The van der Waals surface area contributed by atoms with Crippen molar-refractivity contribution >= 4 is 17.9 Å². The first-order valence-corrected chi connectivity index (χ1v) is 8.94. The molecule has 0 saturated carbocycles. The van der Waals surface area contributed by atoms with Crippen molar-refractivity contribution < 1.29 is 19.5 Å². The zero-order valence-corrected chi connectivity index (χ0v) is 15.2. The number of piperidine rings is 1. The lowest BCUT2D eigenvalue weighted by atomic mass is 9.82. The van der Waals surface area contributed by atoms with Crippen LogP contribution in [0.5, 0.6) is 0 Å². The van der Waals surface area contributed by atoms with Gasteiger partial charge in [-0.05, 0) is 31.7 Å². The average Bonchev–Trinajstić information content (AvgIpc) is 3.13. The summed E-state index contributed by atoms with van der Waals surface area (Å²) in [5.74, 6) is -1.45. The van der Waals surface area contributed by atoms with Crippen LogP contribution in [0, 0.1) is 5.41 Å². The smallest absolute Gasteiger partial charge is 0.317 e. The maximum Gasteiger partial charge on any atom is 0.317 e. The topological polar surface area (TPSA) is 141 Å². The molecule has 0 spiro atoms. The molecule has 1 aliphatic heterocycles. The normalized spacial score (nSPS) is 17.8. The van der Waals surface area contributed by atoms with Gasteiger partial charge in [-0.1, -0.05) is 13.8 Å². The lowest BCUT2D eigenvalue weighted by Crippen LogP contribution is -2.49. The number of nitrogens with two attached hydrogens (primary N) is 1. The highest BCUT2D eigenvalue weighted by molar-refractivity contribution is 5.90. The number of carboxylic acids is 1. The first kappa shape index (κ1) is 19.7. The number of aromatic amines is 1. The summed E-state index contributed by atoms with van der Waals surface area (Å²) in [6.07, 6.45) is 2.58. The number of carbonyl (C=O) groups excluding carboxylic acids is 2. The Kier molecular flexibility index (Phi) is 6.23. The van der Waals surface area contributed by atoms with E-state index in [1.54, 1.807) is 11.0 Å². The van der Waals surface area contributed by atoms with Crippen LogP contribution in [0.1, 0.15) is 61.6 Å². The van der Waals surface area contributed by atoms with Gasteiger partial charge < -0.3 is 21.1 Å². The van der Waals surface area contributed by atoms with Crippen LogP contribution in [0.3, 0.4) is 0 Å². The van der Waals surface area contributed by atoms with Gasteiger partial charge in [-0.2, -0.15) is 5.10 Å². The Morgan fingerprint density at radius 1 is 1.42 bits per heavy atom. The number of hydrogen-bond donors (Lipinski definition) is 4. The number of likely N-dealkylation sites (tertiary alicyclic amines) is 1. The number of aromatic nitrogens is 2. The lowest BCUT2D eigenvalue weighted by molar-refractivity contribution is -0.149. The zero-order chi connectivity index (χ0) is 19.3. The number of urea groups is 1. The van der Waals surface area contributed by atoms with Crippen molar-refractivity contribution in [2.45, 2.75) is 45.4 Å². The van der Waals surface area contributed by atoms with Crippen LogP contribution in [0.2, 0.25) is 0 Å². The molecule has 9 nitrogen and oxygen atoms in total. The highest BCUT2D eigenvalue weighted by Crippen LogP contribution is 2.27. The Balaban J connectivity index is 1.98. The molecule has 5 N–H and O–H groups in total.